The van der Waals surface area contributed by atoms with E-state index in [0.717, 1.165) is 24.3 Å². The molecule has 0 atom stereocenters. The van der Waals surface area contributed by atoms with Gasteiger partial charge in [-0.3, -0.25) is 20.2 Å². The number of hydrogen-bond acceptors (Lipinski definition) is 16. The standard InChI is InChI=1S/2C17H13N3O6S.Ba/c2*1-10-3-2-4-14(20(22)23)16(10)18-19-17-13-9-12(27(24,25)26)7-5-11(13)6-8-15(17)21;/h2*2-9,21H,1H3,(H,24,25,26);/q;;+2/p-2. The third-order valence-corrected chi connectivity index (χ3v) is 9.45. The smallest absolute Gasteiger partial charge is 0.744 e. The number of phenols is 2. The number of nitro groups is 2. The first-order valence-corrected chi connectivity index (χ1v) is 17.9. The Balaban J connectivity index is 0.000000240. The van der Waals surface area contributed by atoms with Crippen LogP contribution in [0, 0.1) is 34.1 Å². The van der Waals surface area contributed by atoms with Gasteiger partial charge < -0.3 is 19.3 Å². The number of benzene rings is 6. The number of aromatic hydroxyl groups is 2. The van der Waals surface area contributed by atoms with E-state index in [0.29, 0.717) is 21.9 Å². The molecule has 0 radical (unpaired) electrons. The molecule has 6 aromatic carbocycles. The Labute approximate surface area is 351 Å². The predicted molar refractivity (Wildman–Crippen MR) is 197 cm³/mol. The number of phenolic OH excluding ortho intramolecular Hbond substituents is 2. The van der Waals surface area contributed by atoms with E-state index in [1.54, 1.807) is 26.0 Å². The van der Waals surface area contributed by atoms with Gasteiger partial charge in [-0.25, -0.2) is 16.8 Å². The zero-order valence-corrected chi connectivity index (χ0v) is 34.5. The Morgan fingerprint density at radius 2 is 0.855 bits per heavy atom. The van der Waals surface area contributed by atoms with Gasteiger partial charge >= 0.3 is 48.9 Å². The summed E-state index contributed by atoms with van der Waals surface area (Å²) in [5.41, 5.74) is 0.276. The van der Waals surface area contributed by atoms with Crippen LogP contribution in [0.5, 0.6) is 11.5 Å². The molecular weight excluding hydrogens is 886 g/mol. The van der Waals surface area contributed by atoms with Crippen LogP contribution in [0.2, 0.25) is 0 Å². The van der Waals surface area contributed by atoms with Gasteiger partial charge in [-0.15, -0.1) is 20.5 Å². The molecule has 276 valence electrons. The van der Waals surface area contributed by atoms with E-state index in [9.17, 15) is 56.4 Å². The normalized spacial score (nSPS) is 11.7. The number of azo groups is 2. The molecule has 0 fully saturated rings. The third kappa shape index (κ3) is 9.75. The summed E-state index contributed by atoms with van der Waals surface area (Å²) < 4.78 is 67.6. The van der Waals surface area contributed by atoms with Crippen LogP contribution in [0.1, 0.15) is 11.1 Å². The molecule has 18 nitrogen and oxygen atoms in total. The molecule has 0 amide bonds. The fraction of sp³-hybridized carbons (Fsp3) is 0.0588. The maximum Gasteiger partial charge on any atom is 2.00 e. The number of fused-ring (bicyclic) bond motifs is 2. The molecule has 0 saturated carbocycles. The predicted octanol–water partition coefficient (Wildman–Crippen LogP) is 7.78. The minimum Gasteiger partial charge on any atom is -0.744 e. The van der Waals surface area contributed by atoms with Crippen molar-refractivity contribution >= 4 is 125 Å². The van der Waals surface area contributed by atoms with Crippen LogP contribution in [0.15, 0.2) is 127 Å². The Morgan fingerprint density at radius 3 is 1.18 bits per heavy atom. The first-order chi connectivity index (χ1) is 25.4. The number of nitro benzene ring substituents is 2. The van der Waals surface area contributed by atoms with Crippen LogP contribution in [0.25, 0.3) is 21.5 Å². The summed E-state index contributed by atoms with van der Waals surface area (Å²) >= 11 is 0. The first-order valence-electron chi connectivity index (χ1n) is 15.1. The number of hydrogen-bond donors (Lipinski definition) is 2. The van der Waals surface area contributed by atoms with Crippen LogP contribution in [-0.2, 0) is 20.2 Å². The molecule has 6 rings (SSSR count). The van der Waals surface area contributed by atoms with Gasteiger partial charge in [-0.1, -0.05) is 48.5 Å². The van der Waals surface area contributed by atoms with E-state index in [4.69, 9.17) is 0 Å². The molecule has 55 heavy (non-hydrogen) atoms. The van der Waals surface area contributed by atoms with Crippen molar-refractivity contribution in [3.8, 4) is 11.5 Å². The molecule has 0 heterocycles. The maximum absolute atomic E-state index is 11.3. The Morgan fingerprint density at radius 1 is 0.527 bits per heavy atom. The van der Waals surface area contributed by atoms with E-state index >= 15 is 0 Å². The largest absolute Gasteiger partial charge is 2.00 e. The van der Waals surface area contributed by atoms with Gasteiger partial charge in [0.25, 0.3) is 11.4 Å². The summed E-state index contributed by atoms with van der Waals surface area (Å²) in [6, 6.07) is 21.7. The Hall–Kier alpha value is -5.17. The minimum absolute atomic E-state index is 0. The average Bonchev–Trinajstić information content (AvgIpc) is 3.10. The van der Waals surface area contributed by atoms with Crippen LogP contribution >= 0.6 is 0 Å². The molecule has 0 aliphatic rings. The molecule has 2 N–H and O–H groups in total. The minimum atomic E-state index is -4.71. The molecular formula is C34H24BaN6O12S2. The summed E-state index contributed by atoms with van der Waals surface area (Å²) in [7, 11) is -9.42. The van der Waals surface area contributed by atoms with Gasteiger partial charge in [0, 0.05) is 22.9 Å². The second-order valence-electron chi connectivity index (χ2n) is 11.3. The summed E-state index contributed by atoms with van der Waals surface area (Å²) in [5, 5.41) is 59.5. The molecule has 0 aliphatic carbocycles. The molecule has 0 aromatic heterocycles. The molecule has 0 bridgehead atoms. The van der Waals surface area contributed by atoms with E-state index < -0.39 is 39.9 Å². The fourth-order valence-electron chi connectivity index (χ4n) is 5.11. The number of nitrogens with zero attached hydrogens (tertiary/aromatic N) is 6. The van der Waals surface area contributed by atoms with Crippen molar-refractivity contribution in [2.24, 2.45) is 20.5 Å². The molecule has 6 aromatic rings. The van der Waals surface area contributed by atoms with E-state index in [-0.39, 0.29) is 105 Å². The van der Waals surface area contributed by atoms with Gasteiger partial charge in [-0.05, 0) is 72.1 Å². The molecule has 0 unspecified atom stereocenters. The van der Waals surface area contributed by atoms with Gasteiger partial charge in [0.2, 0.25) is 0 Å². The van der Waals surface area contributed by atoms with Crippen molar-refractivity contribution in [2.45, 2.75) is 23.6 Å². The van der Waals surface area contributed by atoms with E-state index in [2.05, 4.69) is 20.5 Å². The second kappa shape index (κ2) is 17.1. The first kappa shape index (κ1) is 42.6. The third-order valence-electron chi connectivity index (χ3n) is 7.79. The fourth-order valence-corrected chi connectivity index (χ4v) is 6.10. The summed E-state index contributed by atoms with van der Waals surface area (Å²) in [6.45, 7) is 3.23. The summed E-state index contributed by atoms with van der Waals surface area (Å²) in [4.78, 5) is 20.2. The van der Waals surface area contributed by atoms with Crippen molar-refractivity contribution < 1.29 is 46.0 Å². The number of rotatable bonds is 8. The molecule has 0 saturated heterocycles. The van der Waals surface area contributed by atoms with Crippen molar-refractivity contribution in [3.05, 3.63) is 128 Å². The topological polar surface area (TPSA) is 291 Å². The van der Waals surface area contributed by atoms with Crippen LogP contribution < -0.4 is 0 Å². The summed E-state index contributed by atoms with van der Waals surface area (Å²) in [6.07, 6.45) is 0. The zero-order chi connectivity index (χ0) is 39.5. The van der Waals surface area contributed by atoms with Crippen molar-refractivity contribution in [2.75, 3.05) is 0 Å². The quantitative estimate of drug-likeness (QED) is 0.0486. The van der Waals surface area contributed by atoms with E-state index in [1.807, 2.05) is 0 Å². The Bertz CT molecular complexity index is 2610. The molecule has 21 heteroatoms. The summed E-state index contributed by atoms with van der Waals surface area (Å²) in [5.74, 6) is -0.633. The Kier molecular flexibility index (Phi) is 13.2. The van der Waals surface area contributed by atoms with E-state index in [1.165, 1.54) is 60.7 Å². The second-order valence-corrected chi connectivity index (χ2v) is 14.1. The van der Waals surface area contributed by atoms with Gasteiger partial charge in [0.1, 0.15) is 43.1 Å². The zero-order valence-electron chi connectivity index (χ0n) is 28.4. The molecule has 0 spiro atoms. The SMILES string of the molecule is Cc1cccc([N+](=O)[O-])c1N=Nc1c(O)ccc2ccc(S(=O)(=O)[O-])cc12.Cc1cccc([N+](=O)[O-])c1N=Nc1c(O)ccc2ccc(S(=O)(=O)[O-])cc12.[Ba+2]. The van der Waals surface area contributed by atoms with Crippen molar-refractivity contribution in [1.29, 1.82) is 0 Å². The van der Waals surface area contributed by atoms with Gasteiger partial charge in [0.15, 0.2) is 11.4 Å². The van der Waals surface area contributed by atoms with Crippen LogP contribution in [0.3, 0.4) is 0 Å². The van der Waals surface area contributed by atoms with Crippen molar-refractivity contribution in [3.63, 3.8) is 0 Å². The molecule has 0 aliphatic heterocycles. The average molecular weight is 910 g/mol. The van der Waals surface area contributed by atoms with Crippen molar-refractivity contribution in [1.82, 2.24) is 0 Å². The van der Waals surface area contributed by atoms with Gasteiger partial charge in [-0.2, -0.15) is 0 Å². The monoisotopic (exact) mass is 910 g/mol. The van der Waals surface area contributed by atoms with Crippen LogP contribution in [-0.4, -0.2) is 94.9 Å². The van der Waals surface area contributed by atoms with Crippen LogP contribution in [0.4, 0.5) is 34.1 Å². The number of aryl methyl sites for hydroxylation is 2. The van der Waals surface area contributed by atoms with Gasteiger partial charge in [0.05, 0.1) is 19.6 Å². The maximum atomic E-state index is 11.3.